The van der Waals surface area contributed by atoms with Gasteiger partial charge in [0, 0.05) is 25.1 Å². The largest absolute Gasteiger partial charge is 0.311 e. The first kappa shape index (κ1) is 21.0. The average Bonchev–Trinajstić information content (AvgIpc) is 3.21. The van der Waals surface area contributed by atoms with Crippen LogP contribution >= 0.6 is 0 Å². The molecular formula is C20H25N5O3S. The Bertz CT molecular complexity index is 999. The molecule has 0 radical (unpaired) electrons. The molecule has 1 fully saturated rings. The number of carbonyl (C=O) groups excluding carboxylic acids is 1. The molecule has 8 nitrogen and oxygen atoms in total. The van der Waals surface area contributed by atoms with Crippen LogP contribution in [0.2, 0.25) is 0 Å². The summed E-state index contributed by atoms with van der Waals surface area (Å²) in [5.41, 5.74) is 0.413. The van der Waals surface area contributed by atoms with E-state index in [1.807, 2.05) is 13.0 Å². The zero-order valence-corrected chi connectivity index (χ0v) is 17.4. The van der Waals surface area contributed by atoms with Crippen LogP contribution in [0.3, 0.4) is 0 Å². The minimum absolute atomic E-state index is 0.106. The molecule has 2 aromatic rings. The third-order valence-corrected chi connectivity index (χ3v) is 7.29. The number of rotatable bonds is 6. The van der Waals surface area contributed by atoms with Crippen LogP contribution in [0.1, 0.15) is 44.7 Å². The van der Waals surface area contributed by atoms with E-state index in [0.29, 0.717) is 24.2 Å². The summed E-state index contributed by atoms with van der Waals surface area (Å²) in [7, 11) is -3.63. The van der Waals surface area contributed by atoms with Gasteiger partial charge in [-0.15, -0.1) is 0 Å². The summed E-state index contributed by atoms with van der Waals surface area (Å²) in [5.74, 6) is 0.310. The van der Waals surface area contributed by atoms with Gasteiger partial charge in [-0.1, -0.05) is 6.92 Å². The number of nitrogens with zero attached hydrogens (tertiary/aromatic N) is 4. The Labute approximate surface area is 171 Å². The van der Waals surface area contributed by atoms with E-state index in [1.54, 1.807) is 16.9 Å². The first-order valence-corrected chi connectivity index (χ1v) is 11.2. The van der Waals surface area contributed by atoms with Crippen molar-refractivity contribution in [2.75, 3.05) is 18.4 Å². The summed E-state index contributed by atoms with van der Waals surface area (Å²) in [6.45, 7) is 4.66. The van der Waals surface area contributed by atoms with Crippen molar-refractivity contribution in [3.05, 3.63) is 42.1 Å². The average molecular weight is 416 g/mol. The third kappa shape index (κ3) is 4.49. The fourth-order valence-electron chi connectivity index (χ4n) is 3.37. The predicted molar refractivity (Wildman–Crippen MR) is 108 cm³/mol. The van der Waals surface area contributed by atoms with Crippen molar-refractivity contribution < 1.29 is 13.2 Å². The highest BCUT2D eigenvalue weighted by molar-refractivity contribution is 7.89. The molecule has 9 heteroatoms. The molecule has 1 aromatic carbocycles. The molecule has 0 spiro atoms. The van der Waals surface area contributed by atoms with Crippen LogP contribution in [0.4, 0.5) is 5.82 Å². The molecule has 29 heavy (non-hydrogen) atoms. The van der Waals surface area contributed by atoms with E-state index in [1.165, 1.54) is 28.6 Å². The highest BCUT2D eigenvalue weighted by Gasteiger charge is 2.32. The van der Waals surface area contributed by atoms with Gasteiger partial charge in [0.2, 0.25) is 15.9 Å². The SMILES string of the molecule is CCC(C)n1nccc1NC(=O)C1CCN(S(=O)(=O)c2ccc(C#N)cc2)CC1. The maximum Gasteiger partial charge on any atom is 0.243 e. The van der Waals surface area contributed by atoms with Crippen molar-refractivity contribution in [2.45, 2.75) is 44.0 Å². The highest BCUT2D eigenvalue weighted by Crippen LogP contribution is 2.25. The lowest BCUT2D eigenvalue weighted by Gasteiger charge is -2.30. The molecular weight excluding hydrogens is 390 g/mol. The molecule has 1 unspecified atom stereocenters. The molecule has 0 aliphatic carbocycles. The van der Waals surface area contributed by atoms with Crippen LogP contribution < -0.4 is 5.32 Å². The lowest BCUT2D eigenvalue weighted by molar-refractivity contribution is -0.121. The molecule has 1 aromatic heterocycles. The van der Waals surface area contributed by atoms with Crippen LogP contribution in [-0.2, 0) is 14.8 Å². The van der Waals surface area contributed by atoms with Gasteiger partial charge in [-0.2, -0.15) is 14.7 Å². The van der Waals surface area contributed by atoms with E-state index >= 15 is 0 Å². The number of hydrogen-bond acceptors (Lipinski definition) is 5. The minimum Gasteiger partial charge on any atom is -0.311 e. The lowest BCUT2D eigenvalue weighted by Crippen LogP contribution is -2.41. The van der Waals surface area contributed by atoms with Crippen molar-refractivity contribution in [2.24, 2.45) is 5.92 Å². The predicted octanol–water partition coefficient (Wildman–Crippen LogP) is 2.77. The zero-order valence-electron chi connectivity index (χ0n) is 16.6. The molecule has 0 saturated carbocycles. The van der Waals surface area contributed by atoms with Crippen molar-refractivity contribution >= 4 is 21.7 Å². The summed E-state index contributed by atoms with van der Waals surface area (Å²) in [4.78, 5) is 12.8. The monoisotopic (exact) mass is 415 g/mol. The van der Waals surface area contributed by atoms with Crippen LogP contribution in [0, 0.1) is 17.2 Å². The van der Waals surface area contributed by atoms with Crippen molar-refractivity contribution in [3.8, 4) is 6.07 Å². The Morgan fingerprint density at radius 1 is 1.28 bits per heavy atom. The number of nitriles is 1. The first-order valence-electron chi connectivity index (χ1n) is 9.71. The smallest absolute Gasteiger partial charge is 0.243 e. The second-order valence-electron chi connectivity index (χ2n) is 7.22. The second-order valence-corrected chi connectivity index (χ2v) is 9.16. The molecule has 0 bridgehead atoms. The Morgan fingerprint density at radius 3 is 2.52 bits per heavy atom. The van der Waals surface area contributed by atoms with Gasteiger partial charge in [0.15, 0.2) is 0 Å². The molecule has 1 aliphatic rings. The number of nitrogens with one attached hydrogen (secondary N) is 1. The molecule has 1 saturated heterocycles. The van der Waals surface area contributed by atoms with Crippen LogP contribution in [0.15, 0.2) is 41.4 Å². The normalized spacial score (nSPS) is 16.9. The fraction of sp³-hybridized carbons (Fsp3) is 0.450. The Hall–Kier alpha value is -2.70. The number of piperidine rings is 1. The number of benzene rings is 1. The number of sulfonamides is 1. The second kappa shape index (κ2) is 8.76. The number of aromatic nitrogens is 2. The molecule has 1 N–H and O–H groups in total. The first-order chi connectivity index (χ1) is 13.9. The quantitative estimate of drug-likeness (QED) is 0.780. The van der Waals surface area contributed by atoms with Crippen molar-refractivity contribution in [1.82, 2.24) is 14.1 Å². The molecule has 1 amide bonds. The highest BCUT2D eigenvalue weighted by atomic mass is 32.2. The van der Waals surface area contributed by atoms with Crippen molar-refractivity contribution in [3.63, 3.8) is 0 Å². The molecule has 2 heterocycles. The molecule has 3 rings (SSSR count). The van der Waals surface area contributed by atoms with Gasteiger partial charge < -0.3 is 5.32 Å². The van der Waals surface area contributed by atoms with Crippen molar-refractivity contribution in [1.29, 1.82) is 5.26 Å². The van der Waals surface area contributed by atoms with Gasteiger partial charge in [0.1, 0.15) is 5.82 Å². The zero-order chi connectivity index (χ0) is 21.0. The van der Waals surface area contributed by atoms with Gasteiger partial charge >= 0.3 is 0 Å². The number of carbonyl (C=O) groups is 1. The van der Waals surface area contributed by atoms with Gasteiger partial charge in [-0.3, -0.25) is 4.79 Å². The van der Waals surface area contributed by atoms with E-state index < -0.39 is 10.0 Å². The molecule has 1 atom stereocenters. The summed E-state index contributed by atoms with van der Waals surface area (Å²) in [6.07, 6.45) is 3.47. The maximum atomic E-state index is 12.8. The number of anilines is 1. The summed E-state index contributed by atoms with van der Waals surface area (Å²) in [6, 6.07) is 9.81. The number of hydrogen-bond donors (Lipinski definition) is 1. The van der Waals surface area contributed by atoms with E-state index in [2.05, 4.69) is 17.3 Å². The summed E-state index contributed by atoms with van der Waals surface area (Å²) >= 11 is 0. The van der Waals surface area contributed by atoms with Gasteiger partial charge in [0.05, 0.1) is 28.8 Å². The van der Waals surface area contributed by atoms with E-state index in [0.717, 1.165) is 6.42 Å². The standard InChI is InChI=1S/C20H25N5O3S/c1-3-15(2)25-19(8-11-22-25)23-20(26)17-9-12-24(13-10-17)29(27,28)18-6-4-16(14-21)5-7-18/h4-8,11,15,17H,3,9-10,12-13H2,1-2H3,(H,23,26). The molecule has 1 aliphatic heterocycles. The Morgan fingerprint density at radius 2 is 1.93 bits per heavy atom. The Kier molecular flexibility index (Phi) is 6.35. The van der Waals surface area contributed by atoms with E-state index in [4.69, 9.17) is 5.26 Å². The van der Waals surface area contributed by atoms with Crippen LogP contribution in [0.5, 0.6) is 0 Å². The van der Waals surface area contributed by atoms with Gasteiger partial charge in [-0.05, 0) is 50.5 Å². The van der Waals surface area contributed by atoms with E-state index in [9.17, 15) is 13.2 Å². The minimum atomic E-state index is -3.63. The summed E-state index contributed by atoms with van der Waals surface area (Å²) < 4.78 is 28.8. The molecule has 154 valence electrons. The van der Waals surface area contributed by atoms with Gasteiger partial charge in [-0.25, -0.2) is 13.1 Å². The fourth-order valence-corrected chi connectivity index (χ4v) is 4.84. The van der Waals surface area contributed by atoms with E-state index in [-0.39, 0.29) is 35.9 Å². The summed E-state index contributed by atoms with van der Waals surface area (Å²) in [5, 5.41) is 16.1. The maximum absolute atomic E-state index is 12.8. The lowest BCUT2D eigenvalue weighted by atomic mass is 9.97. The third-order valence-electron chi connectivity index (χ3n) is 5.38. The van der Waals surface area contributed by atoms with Gasteiger partial charge in [0.25, 0.3) is 0 Å². The Balaban J connectivity index is 1.62. The van der Waals surface area contributed by atoms with Crippen LogP contribution in [-0.4, -0.2) is 41.5 Å². The number of amides is 1. The van der Waals surface area contributed by atoms with Crippen LogP contribution in [0.25, 0.3) is 0 Å². The topological polar surface area (TPSA) is 108 Å².